The molecule has 18 heavy (non-hydrogen) atoms. The quantitative estimate of drug-likeness (QED) is 0.871. The number of rotatable bonds is 2. The normalized spacial score (nSPS) is 35.7. The SMILES string of the molecule is OC1CCCc2c1ccn2C1CCOC1C1CC1. The van der Waals surface area contributed by atoms with E-state index < -0.39 is 0 Å². The summed E-state index contributed by atoms with van der Waals surface area (Å²) in [6.45, 7) is 0.904. The van der Waals surface area contributed by atoms with E-state index in [1.165, 1.54) is 24.1 Å². The molecule has 0 aromatic carbocycles. The molecule has 0 spiro atoms. The molecule has 2 heterocycles. The molecule has 1 aliphatic heterocycles. The molecule has 4 rings (SSSR count). The standard InChI is InChI=1S/C15H21NO2/c17-14-3-1-2-12-11(14)6-8-16(12)13-7-9-18-15(13)10-4-5-10/h6,8,10,13-15,17H,1-5,7,9H2. The second-order valence-electron chi connectivity index (χ2n) is 6.06. The fourth-order valence-corrected chi connectivity index (χ4v) is 3.77. The van der Waals surface area contributed by atoms with Crippen molar-refractivity contribution in [2.45, 2.75) is 56.8 Å². The zero-order chi connectivity index (χ0) is 12.1. The van der Waals surface area contributed by atoms with E-state index >= 15 is 0 Å². The van der Waals surface area contributed by atoms with Gasteiger partial charge in [-0.25, -0.2) is 0 Å². The molecule has 98 valence electrons. The highest BCUT2D eigenvalue weighted by atomic mass is 16.5. The predicted octanol–water partition coefficient (Wildman–Crippen LogP) is 2.60. The molecule has 0 bridgehead atoms. The van der Waals surface area contributed by atoms with E-state index in [0.717, 1.165) is 38.2 Å². The zero-order valence-electron chi connectivity index (χ0n) is 10.7. The number of ether oxygens (including phenoxy) is 1. The van der Waals surface area contributed by atoms with Gasteiger partial charge in [-0.1, -0.05) is 0 Å². The van der Waals surface area contributed by atoms with Gasteiger partial charge in [-0.2, -0.15) is 0 Å². The number of aliphatic hydroxyl groups excluding tert-OH is 1. The van der Waals surface area contributed by atoms with Crippen LogP contribution in [0, 0.1) is 5.92 Å². The van der Waals surface area contributed by atoms with Gasteiger partial charge in [0.2, 0.25) is 0 Å². The molecular formula is C15H21NO2. The van der Waals surface area contributed by atoms with Crippen LogP contribution in [0.1, 0.15) is 55.5 Å². The predicted molar refractivity (Wildman–Crippen MR) is 68.4 cm³/mol. The summed E-state index contributed by atoms with van der Waals surface area (Å²) in [5.74, 6) is 0.795. The van der Waals surface area contributed by atoms with Crippen molar-refractivity contribution in [2.24, 2.45) is 5.92 Å². The van der Waals surface area contributed by atoms with Crippen LogP contribution in [0.4, 0.5) is 0 Å². The smallest absolute Gasteiger partial charge is 0.0810 e. The van der Waals surface area contributed by atoms with Crippen molar-refractivity contribution in [1.29, 1.82) is 0 Å². The van der Waals surface area contributed by atoms with Gasteiger partial charge in [0.15, 0.2) is 0 Å². The molecule has 0 radical (unpaired) electrons. The highest BCUT2D eigenvalue weighted by Gasteiger charge is 2.42. The molecule has 3 aliphatic rings. The van der Waals surface area contributed by atoms with Gasteiger partial charge in [0, 0.05) is 24.1 Å². The van der Waals surface area contributed by atoms with Crippen molar-refractivity contribution in [3.63, 3.8) is 0 Å². The number of fused-ring (bicyclic) bond motifs is 1. The van der Waals surface area contributed by atoms with Crippen LogP contribution >= 0.6 is 0 Å². The lowest BCUT2D eigenvalue weighted by Gasteiger charge is -2.26. The van der Waals surface area contributed by atoms with Crippen LogP contribution in [-0.2, 0) is 11.2 Å². The third-order valence-corrected chi connectivity index (χ3v) is 4.86. The minimum Gasteiger partial charge on any atom is -0.388 e. The van der Waals surface area contributed by atoms with Gasteiger partial charge in [-0.15, -0.1) is 0 Å². The van der Waals surface area contributed by atoms with Crippen LogP contribution in [0.25, 0.3) is 0 Å². The van der Waals surface area contributed by atoms with E-state index in [2.05, 4.69) is 16.8 Å². The molecule has 2 fully saturated rings. The molecule has 3 nitrogen and oxygen atoms in total. The lowest BCUT2D eigenvalue weighted by Crippen LogP contribution is -2.24. The van der Waals surface area contributed by atoms with E-state index in [-0.39, 0.29) is 6.10 Å². The Hall–Kier alpha value is -0.800. The van der Waals surface area contributed by atoms with Gasteiger partial charge in [-0.05, 0) is 50.5 Å². The molecule has 3 atom stereocenters. The summed E-state index contributed by atoms with van der Waals surface area (Å²) in [4.78, 5) is 0. The van der Waals surface area contributed by atoms with Gasteiger partial charge in [-0.3, -0.25) is 0 Å². The van der Waals surface area contributed by atoms with E-state index in [9.17, 15) is 5.11 Å². The summed E-state index contributed by atoms with van der Waals surface area (Å²) in [6, 6.07) is 2.65. The molecule has 1 aromatic rings. The maximum Gasteiger partial charge on any atom is 0.0810 e. The van der Waals surface area contributed by atoms with E-state index in [1.807, 2.05) is 0 Å². The lowest BCUT2D eigenvalue weighted by atomic mass is 9.94. The van der Waals surface area contributed by atoms with Crippen LogP contribution < -0.4 is 0 Å². The summed E-state index contributed by atoms with van der Waals surface area (Å²) in [6.07, 6.45) is 9.35. The van der Waals surface area contributed by atoms with Gasteiger partial charge in [0.05, 0.1) is 18.2 Å². The highest BCUT2D eigenvalue weighted by molar-refractivity contribution is 5.28. The van der Waals surface area contributed by atoms with E-state index in [0.29, 0.717) is 12.1 Å². The maximum atomic E-state index is 10.1. The second kappa shape index (κ2) is 4.10. The Bertz CT molecular complexity index is 449. The van der Waals surface area contributed by atoms with Crippen molar-refractivity contribution >= 4 is 0 Å². The van der Waals surface area contributed by atoms with Gasteiger partial charge in [0.25, 0.3) is 0 Å². The van der Waals surface area contributed by atoms with Gasteiger partial charge >= 0.3 is 0 Å². The summed E-state index contributed by atoms with van der Waals surface area (Å²) in [5, 5.41) is 10.1. The van der Waals surface area contributed by atoms with E-state index in [4.69, 9.17) is 4.74 Å². The fourth-order valence-electron chi connectivity index (χ4n) is 3.77. The number of hydrogen-bond donors (Lipinski definition) is 1. The molecule has 3 unspecified atom stereocenters. The summed E-state index contributed by atoms with van der Waals surface area (Å²) in [7, 11) is 0. The molecule has 2 aliphatic carbocycles. The Morgan fingerprint density at radius 3 is 2.94 bits per heavy atom. The Morgan fingerprint density at radius 2 is 2.11 bits per heavy atom. The van der Waals surface area contributed by atoms with Crippen LogP contribution in [0.5, 0.6) is 0 Å². The number of aliphatic hydroxyl groups is 1. The third kappa shape index (κ3) is 1.64. The first-order valence-electron chi connectivity index (χ1n) is 7.34. The third-order valence-electron chi connectivity index (χ3n) is 4.86. The Kier molecular flexibility index (Phi) is 2.52. The van der Waals surface area contributed by atoms with Crippen LogP contribution in [0.2, 0.25) is 0 Å². The number of nitrogens with zero attached hydrogens (tertiary/aromatic N) is 1. The maximum absolute atomic E-state index is 10.1. The number of aromatic nitrogens is 1. The topological polar surface area (TPSA) is 34.4 Å². The first kappa shape index (κ1) is 11.1. The molecule has 1 aromatic heterocycles. The van der Waals surface area contributed by atoms with Crippen molar-refractivity contribution in [2.75, 3.05) is 6.61 Å². The average molecular weight is 247 g/mol. The van der Waals surface area contributed by atoms with Gasteiger partial charge < -0.3 is 14.4 Å². The number of hydrogen-bond acceptors (Lipinski definition) is 2. The lowest BCUT2D eigenvalue weighted by molar-refractivity contribution is 0.0741. The second-order valence-corrected chi connectivity index (χ2v) is 6.06. The zero-order valence-corrected chi connectivity index (χ0v) is 10.7. The Balaban J connectivity index is 1.68. The van der Waals surface area contributed by atoms with Crippen molar-refractivity contribution in [1.82, 2.24) is 4.57 Å². The monoisotopic (exact) mass is 247 g/mol. The molecule has 1 saturated heterocycles. The van der Waals surface area contributed by atoms with Crippen LogP contribution in [0.15, 0.2) is 12.3 Å². The Labute approximate surface area is 108 Å². The molecular weight excluding hydrogens is 226 g/mol. The highest BCUT2D eigenvalue weighted by Crippen LogP contribution is 2.45. The molecule has 1 saturated carbocycles. The first-order chi connectivity index (χ1) is 8.84. The summed E-state index contributed by atoms with van der Waals surface area (Å²) < 4.78 is 8.37. The van der Waals surface area contributed by atoms with Crippen LogP contribution in [-0.4, -0.2) is 22.4 Å². The van der Waals surface area contributed by atoms with Crippen molar-refractivity contribution < 1.29 is 9.84 Å². The molecule has 3 heteroatoms. The van der Waals surface area contributed by atoms with E-state index in [1.54, 1.807) is 0 Å². The summed E-state index contributed by atoms with van der Waals surface area (Å²) in [5.41, 5.74) is 2.54. The van der Waals surface area contributed by atoms with Crippen molar-refractivity contribution in [3.05, 3.63) is 23.5 Å². The van der Waals surface area contributed by atoms with Crippen LogP contribution in [0.3, 0.4) is 0 Å². The van der Waals surface area contributed by atoms with Crippen molar-refractivity contribution in [3.8, 4) is 0 Å². The molecule has 1 N–H and O–H groups in total. The average Bonchev–Trinajstić information content (AvgIpc) is 2.95. The fraction of sp³-hybridized carbons (Fsp3) is 0.733. The minimum atomic E-state index is -0.239. The largest absolute Gasteiger partial charge is 0.388 e. The van der Waals surface area contributed by atoms with Gasteiger partial charge in [0.1, 0.15) is 0 Å². The minimum absolute atomic E-state index is 0.239. The molecule has 0 amide bonds. The first-order valence-corrected chi connectivity index (χ1v) is 7.34. The Morgan fingerprint density at radius 1 is 1.22 bits per heavy atom. The summed E-state index contributed by atoms with van der Waals surface area (Å²) >= 11 is 0.